The van der Waals surface area contributed by atoms with Gasteiger partial charge in [-0.2, -0.15) is 0 Å². The van der Waals surface area contributed by atoms with Crippen molar-refractivity contribution in [3.8, 4) is 23.8 Å². The monoisotopic (exact) mass is 344 g/mol. The molecule has 2 rings (SSSR count). The average molecular weight is 345 g/mol. The van der Waals surface area contributed by atoms with E-state index in [-0.39, 0.29) is 6.61 Å². The van der Waals surface area contributed by atoms with Gasteiger partial charge in [-0.1, -0.05) is 35.7 Å². The van der Waals surface area contributed by atoms with Crippen molar-refractivity contribution >= 4 is 17.6 Å². The molecular weight excluding hydrogens is 328 g/mol. The second-order valence-corrected chi connectivity index (χ2v) is 5.16. The molecule has 0 radical (unpaired) electrons. The highest BCUT2D eigenvalue weighted by molar-refractivity contribution is 6.31. The summed E-state index contributed by atoms with van der Waals surface area (Å²) in [7, 11) is 0. The highest BCUT2D eigenvalue weighted by Gasteiger charge is 2.13. The molecule has 124 valence electrons. The van der Waals surface area contributed by atoms with Crippen LogP contribution in [0.2, 0.25) is 5.02 Å². The third kappa shape index (κ3) is 4.68. The molecule has 0 bridgehead atoms. The summed E-state index contributed by atoms with van der Waals surface area (Å²) in [6.07, 6.45) is 5.08. The van der Waals surface area contributed by atoms with E-state index in [0.717, 1.165) is 5.56 Å². The Hall–Kier alpha value is -2.64. The number of terminal acetylenes is 1. The van der Waals surface area contributed by atoms with Gasteiger partial charge in [0.2, 0.25) is 0 Å². The molecule has 2 aromatic rings. The van der Waals surface area contributed by atoms with Gasteiger partial charge < -0.3 is 14.2 Å². The summed E-state index contributed by atoms with van der Waals surface area (Å²) in [5.74, 6) is 2.72. The van der Waals surface area contributed by atoms with Gasteiger partial charge >= 0.3 is 5.97 Å². The molecule has 0 heterocycles. The molecule has 0 amide bonds. The number of ether oxygens (including phenoxy) is 3. The third-order valence-corrected chi connectivity index (χ3v) is 3.48. The SMILES string of the molecule is C#CCOC(=O)c1ccc(OCc2ccccc2Cl)c(OCC)c1. The predicted molar refractivity (Wildman–Crippen MR) is 92.5 cm³/mol. The molecule has 0 unspecified atom stereocenters. The molecule has 0 aliphatic heterocycles. The molecule has 0 fully saturated rings. The second-order valence-electron chi connectivity index (χ2n) is 4.75. The van der Waals surface area contributed by atoms with Crippen molar-refractivity contribution in [1.29, 1.82) is 0 Å². The van der Waals surface area contributed by atoms with Crippen molar-refractivity contribution in [2.75, 3.05) is 13.2 Å². The van der Waals surface area contributed by atoms with Gasteiger partial charge in [-0.15, -0.1) is 6.42 Å². The fourth-order valence-electron chi connectivity index (χ4n) is 1.98. The molecule has 0 N–H and O–H groups in total. The van der Waals surface area contributed by atoms with Crippen LogP contribution in [0.15, 0.2) is 42.5 Å². The van der Waals surface area contributed by atoms with E-state index >= 15 is 0 Å². The number of hydrogen-bond donors (Lipinski definition) is 0. The van der Waals surface area contributed by atoms with Crippen LogP contribution in [-0.4, -0.2) is 19.2 Å². The van der Waals surface area contributed by atoms with E-state index in [9.17, 15) is 4.79 Å². The van der Waals surface area contributed by atoms with Crippen molar-refractivity contribution in [3.05, 3.63) is 58.6 Å². The van der Waals surface area contributed by atoms with E-state index in [0.29, 0.717) is 35.3 Å². The lowest BCUT2D eigenvalue weighted by molar-refractivity contribution is 0.0556. The van der Waals surface area contributed by atoms with E-state index in [2.05, 4.69) is 5.92 Å². The first-order valence-corrected chi connectivity index (χ1v) is 7.77. The zero-order chi connectivity index (χ0) is 17.4. The fraction of sp³-hybridized carbons (Fsp3) is 0.211. The quantitative estimate of drug-likeness (QED) is 0.560. The van der Waals surface area contributed by atoms with E-state index in [1.54, 1.807) is 24.3 Å². The van der Waals surface area contributed by atoms with Crippen LogP contribution in [0.3, 0.4) is 0 Å². The molecule has 4 nitrogen and oxygen atoms in total. The van der Waals surface area contributed by atoms with Crippen LogP contribution in [0.1, 0.15) is 22.8 Å². The highest BCUT2D eigenvalue weighted by atomic mass is 35.5. The smallest absolute Gasteiger partial charge is 0.339 e. The highest BCUT2D eigenvalue weighted by Crippen LogP contribution is 2.30. The second kappa shape index (κ2) is 8.85. The minimum atomic E-state index is -0.508. The van der Waals surface area contributed by atoms with Gasteiger partial charge in [-0.05, 0) is 31.2 Å². The summed E-state index contributed by atoms with van der Waals surface area (Å²) < 4.78 is 16.2. The Morgan fingerprint density at radius 3 is 2.67 bits per heavy atom. The van der Waals surface area contributed by atoms with Gasteiger partial charge in [0.15, 0.2) is 18.1 Å². The Morgan fingerprint density at radius 2 is 1.96 bits per heavy atom. The molecule has 0 saturated carbocycles. The maximum atomic E-state index is 11.9. The molecule has 0 aliphatic carbocycles. The Kier molecular flexibility index (Phi) is 6.53. The molecule has 0 aromatic heterocycles. The number of halogens is 1. The van der Waals surface area contributed by atoms with Gasteiger partial charge in [0, 0.05) is 10.6 Å². The van der Waals surface area contributed by atoms with E-state index in [1.807, 2.05) is 25.1 Å². The minimum Gasteiger partial charge on any atom is -0.490 e. The van der Waals surface area contributed by atoms with Crippen molar-refractivity contribution in [2.45, 2.75) is 13.5 Å². The first-order chi connectivity index (χ1) is 11.7. The van der Waals surface area contributed by atoms with Crippen LogP contribution >= 0.6 is 11.6 Å². The lowest BCUT2D eigenvalue weighted by Gasteiger charge is -2.13. The van der Waals surface area contributed by atoms with Crippen molar-refractivity contribution in [3.63, 3.8) is 0 Å². The number of carbonyl (C=O) groups excluding carboxylic acids is 1. The summed E-state index contributed by atoms with van der Waals surface area (Å²) in [5.41, 5.74) is 1.21. The summed E-state index contributed by atoms with van der Waals surface area (Å²) >= 11 is 6.12. The fourth-order valence-corrected chi connectivity index (χ4v) is 2.17. The van der Waals surface area contributed by atoms with Crippen LogP contribution in [0, 0.1) is 12.3 Å². The lowest BCUT2D eigenvalue weighted by Crippen LogP contribution is -2.07. The van der Waals surface area contributed by atoms with Gasteiger partial charge in [0.25, 0.3) is 0 Å². The number of hydrogen-bond acceptors (Lipinski definition) is 4. The zero-order valence-corrected chi connectivity index (χ0v) is 14.0. The normalized spacial score (nSPS) is 9.88. The molecule has 0 saturated heterocycles. The summed E-state index contributed by atoms with van der Waals surface area (Å²) in [6.45, 7) is 2.50. The van der Waals surface area contributed by atoms with Gasteiger partial charge in [0.1, 0.15) is 6.61 Å². The Morgan fingerprint density at radius 1 is 1.17 bits per heavy atom. The molecule has 24 heavy (non-hydrogen) atoms. The summed E-state index contributed by atoms with van der Waals surface area (Å²) in [5, 5.41) is 0.630. The van der Waals surface area contributed by atoms with Crippen molar-refractivity contribution in [2.24, 2.45) is 0 Å². The molecule has 0 aliphatic rings. The van der Waals surface area contributed by atoms with Crippen molar-refractivity contribution in [1.82, 2.24) is 0 Å². The first kappa shape index (κ1) is 17.7. The van der Waals surface area contributed by atoms with Crippen molar-refractivity contribution < 1.29 is 19.0 Å². The largest absolute Gasteiger partial charge is 0.490 e. The minimum absolute atomic E-state index is 0.0758. The number of benzene rings is 2. The van der Waals surface area contributed by atoms with Crippen LogP contribution in [-0.2, 0) is 11.3 Å². The lowest BCUT2D eigenvalue weighted by atomic mass is 10.2. The number of esters is 1. The maximum absolute atomic E-state index is 11.9. The van der Waals surface area contributed by atoms with Gasteiger partial charge in [0.05, 0.1) is 12.2 Å². The van der Waals surface area contributed by atoms with E-state index in [4.69, 9.17) is 32.2 Å². The first-order valence-electron chi connectivity index (χ1n) is 7.39. The molecule has 2 aromatic carbocycles. The number of carbonyl (C=O) groups is 1. The Bertz CT molecular complexity index is 749. The van der Waals surface area contributed by atoms with Crippen LogP contribution in [0.5, 0.6) is 11.5 Å². The zero-order valence-electron chi connectivity index (χ0n) is 13.3. The van der Waals surface area contributed by atoms with Crippen LogP contribution in [0.4, 0.5) is 0 Å². The van der Waals surface area contributed by atoms with E-state index in [1.165, 1.54) is 0 Å². The van der Waals surface area contributed by atoms with Gasteiger partial charge in [-0.25, -0.2) is 4.79 Å². The standard InChI is InChI=1S/C19H17ClO4/c1-3-11-23-19(21)14-9-10-17(18(12-14)22-4-2)24-13-15-7-5-6-8-16(15)20/h1,5-10,12H,4,11,13H2,2H3. The Balaban J connectivity index is 2.16. The third-order valence-electron chi connectivity index (χ3n) is 3.11. The number of rotatable bonds is 7. The summed E-state index contributed by atoms with van der Waals surface area (Å²) in [4.78, 5) is 11.9. The maximum Gasteiger partial charge on any atom is 0.339 e. The Labute approximate surface area is 146 Å². The van der Waals surface area contributed by atoms with Gasteiger partial charge in [-0.3, -0.25) is 0 Å². The predicted octanol–water partition coefficient (Wildman–Crippen LogP) is 4.11. The molecule has 0 spiro atoms. The topological polar surface area (TPSA) is 44.8 Å². The molecular formula is C19H17ClO4. The van der Waals surface area contributed by atoms with Crippen LogP contribution in [0.25, 0.3) is 0 Å². The van der Waals surface area contributed by atoms with E-state index < -0.39 is 5.97 Å². The summed E-state index contributed by atoms with van der Waals surface area (Å²) in [6, 6.07) is 12.3. The molecule has 0 atom stereocenters. The average Bonchev–Trinajstić information content (AvgIpc) is 2.60. The molecule has 5 heteroatoms. The van der Waals surface area contributed by atoms with Crippen LogP contribution < -0.4 is 9.47 Å².